The molecule has 1 aromatic carbocycles. The Morgan fingerprint density at radius 3 is 2.47 bits per heavy atom. The zero-order chi connectivity index (χ0) is 14.6. The van der Waals surface area contributed by atoms with Crippen LogP contribution in [0.3, 0.4) is 0 Å². The molecule has 1 atom stereocenters. The van der Waals surface area contributed by atoms with Gasteiger partial charge < -0.3 is 0 Å². The molecule has 107 valence electrons. The van der Waals surface area contributed by atoms with Crippen LogP contribution < -0.4 is 5.46 Å². The molecule has 1 radical (unpaired) electrons. The zero-order valence-electron chi connectivity index (χ0n) is 11.3. The molecule has 1 unspecified atom stereocenters. The molecule has 0 bridgehead atoms. The molecule has 1 N–H and O–H groups in total. The number of halogens is 4. The quantitative estimate of drug-likeness (QED) is 0.468. The van der Waals surface area contributed by atoms with Crippen molar-refractivity contribution in [2.45, 2.75) is 36.9 Å². The molecule has 1 aromatic rings. The molecule has 0 aliphatic carbocycles. The Labute approximate surface area is 120 Å². The molecule has 0 heterocycles. The van der Waals surface area contributed by atoms with Crippen LogP contribution in [0.4, 0.5) is 13.2 Å². The van der Waals surface area contributed by atoms with Crippen LogP contribution in [0.1, 0.15) is 25.3 Å². The molecule has 0 aliphatic rings. The van der Waals surface area contributed by atoms with Crippen LogP contribution in [-0.2, 0) is 6.18 Å². The maximum absolute atomic E-state index is 13.1. The van der Waals surface area contributed by atoms with Crippen molar-refractivity contribution in [2.24, 2.45) is 0 Å². The Morgan fingerprint density at radius 2 is 2.00 bits per heavy atom. The van der Waals surface area contributed by atoms with Crippen molar-refractivity contribution in [1.29, 1.82) is 0 Å². The van der Waals surface area contributed by atoms with Crippen molar-refractivity contribution in [1.82, 2.24) is 0 Å². The van der Waals surface area contributed by atoms with Crippen molar-refractivity contribution in [3.05, 3.63) is 27.3 Å². The molecule has 0 spiro atoms. The summed E-state index contributed by atoms with van der Waals surface area (Å²) < 4.78 is 39.0. The van der Waals surface area contributed by atoms with Gasteiger partial charge in [-0.25, -0.2) is 0 Å². The Balaban J connectivity index is 3.19. The fourth-order valence-corrected chi connectivity index (χ4v) is 6.19. The summed E-state index contributed by atoms with van der Waals surface area (Å²) in [6, 6.07) is 4.42. The summed E-state index contributed by atoms with van der Waals surface area (Å²) >= 11 is -2.21. The molecular weight excluding hydrogens is 367 g/mol. The van der Waals surface area contributed by atoms with Gasteiger partial charge in [0.1, 0.15) is 0 Å². The maximum atomic E-state index is 13.1. The van der Waals surface area contributed by atoms with E-state index in [2.05, 4.69) is 0 Å². The van der Waals surface area contributed by atoms with Crippen LogP contribution in [0.15, 0.2) is 18.2 Å². The number of aliphatic hydroxyl groups excluding tert-OH is 1. The Hall–Kier alpha value is -0.235. The van der Waals surface area contributed by atoms with E-state index in [0.29, 0.717) is 15.5 Å². The van der Waals surface area contributed by atoms with Gasteiger partial charge in [-0.3, -0.25) is 0 Å². The first-order valence-corrected chi connectivity index (χ1v) is 10.6. The summed E-state index contributed by atoms with van der Waals surface area (Å²) in [6.45, 7) is 3.64. The molecule has 0 amide bonds. The van der Waals surface area contributed by atoms with Crippen LogP contribution in [0.5, 0.6) is 0 Å². The van der Waals surface area contributed by atoms with Gasteiger partial charge >= 0.3 is 120 Å². The van der Waals surface area contributed by atoms with E-state index in [1.165, 1.54) is 6.07 Å². The summed E-state index contributed by atoms with van der Waals surface area (Å²) in [5, 5.41) is 9.98. The zero-order valence-corrected chi connectivity index (χ0v) is 13.4. The standard InChI is InChI=1S/C13H18BF3IO/c1-4-5-12(19)18(3)11-7-6-9(14-2)8-10(11)13(15,16)17/h6-8,12,19H,4-5H2,1-3H3. The van der Waals surface area contributed by atoms with Crippen LogP contribution >= 0.6 is 19.8 Å². The normalized spacial score (nSPS) is 14.2. The van der Waals surface area contributed by atoms with Gasteiger partial charge in [-0.05, 0) is 0 Å². The van der Waals surface area contributed by atoms with Gasteiger partial charge in [-0.2, -0.15) is 0 Å². The fourth-order valence-electron chi connectivity index (χ4n) is 1.74. The van der Waals surface area contributed by atoms with Gasteiger partial charge in [0.2, 0.25) is 0 Å². The second kappa shape index (κ2) is 6.97. The van der Waals surface area contributed by atoms with Gasteiger partial charge in [-0.1, -0.05) is 0 Å². The molecule has 0 saturated carbocycles. The van der Waals surface area contributed by atoms with Gasteiger partial charge in [-0.15, -0.1) is 0 Å². The predicted molar refractivity (Wildman–Crippen MR) is 82.3 cm³/mol. The monoisotopic (exact) mass is 385 g/mol. The summed E-state index contributed by atoms with van der Waals surface area (Å²) in [7, 11) is 1.65. The Kier molecular flexibility index (Phi) is 6.17. The molecule has 0 aliphatic heterocycles. The number of aliphatic hydroxyl groups is 1. The van der Waals surface area contributed by atoms with E-state index in [-0.39, 0.29) is 0 Å². The van der Waals surface area contributed by atoms with E-state index in [1.54, 1.807) is 31.2 Å². The van der Waals surface area contributed by atoms with Crippen molar-refractivity contribution in [3.63, 3.8) is 0 Å². The topological polar surface area (TPSA) is 20.2 Å². The number of hydrogen-bond acceptors (Lipinski definition) is 1. The Bertz CT molecular complexity index is 423. The summed E-state index contributed by atoms with van der Waals surface area (Å²) in [5.41, 5.74) is -0.0173. The van der Waals surface area contributed by atoms with E-state index in [9.17, 15) is 18.3 Å². The molecule has 19 heavy (non-hydrogen) atoms. The third-order valence-corrected chi connectivity index (χ3v) is 8.41. The third kappa shape index (κ3) is 4.38. The van der Waals surface area contributed by atoms with Gasteiger partial charge in [0, 0.05) is 0 Å². The molecule has 0 aromatic heterocycles. The number of alkyl halides is 5. The average Bonchev–Trinajstić information content (AvgIpc) is 2.36. The predicted octanol–water partition coefficient (Wildman–Crippen LogP) is 3.51. The van der Waals surface area contributed by atoms with Crippen LogP contribution in [0.25, 0.3) is 0 Å². The van der Waals surface area contributed by atoms with Gasteiger partial charge in [0.25, 0.3) is 0 Å². The first kappa shape index (κ1) is 16.8. The van der Waals surface area contributed by atoms with E-state index >= 15 is 0 Å². The Morgan fingerprint density at radius 1 is 1.37 bits per heavy atom. The van der Waals surface area contributed by atoms with Gasteiger partial charge in [0.15, 0.2) is 0 Å². The van der Waals surface area contributed by atoms with Crippen LogP contribution in [-0.4, -0.2) is 21.4 Å². The van der Waals surface area contributed by atoms with E-state index in [4.69, 9.17) is 0 Å². The molecule has 0 saturated heterocycles. The fraction of sp³-hybridized carbons (Fsp3) is 0.538. The number of hydrogen-bond donors (Lipinski definition) is 1. The first-order valence-electron chi connectivity index (χ1n) is 6.08. The third-order valence-electron chi connectivity index (χ3n) is 2.86. The van der Waals surface area contributed by atoms with Crippen molar-refractivity contribution in [3.8, 4) is 0 Å². The summed E-state index contributed by atoms with van der Waals surface area (Å²) in [4.78, 5) is 1.80. The van der Waals surface area contributed by atoms with E-state index < -0.39 is 35.7 Å². The van der Waals surface area contributed by atoms with Crippen molar-refractivity contribution >= 4 is 32.6 Å². The average molecular weight is 385 g/mol. The first-order chi connectivity index (χ1) is 8.81. The van der Waals surface area contributed by atoms with Crippen LogP contribution in [0.2, 0.25) is 6.82 Å². The SMILES string of the molecule is C[B]c1ccc(I(C)C(O)CCC)c(C(F)(F)F)c1. The van der Waals surface area contributed by atoms with Gasteiger partial charge in [0.05, 0.1) is 0 Å². The molecule has 6 heteroatoms. The minimum atomic E-state index is -4.36. The second-order valence-corrected chi connectivity index (χ2v) is 9.81. The molecule has 0 fully saturated rings. The number of rotatable bonds is 5. The second-order valence-electron chi connectivity index (χ2n) is 4.27. The molecular formula is C13H18BF3IO. The molecule has 1 rings (SSSR count). The summed E-state index contributed by atoms with van der Waals surface area (Å²) in [6.07, 6.45) is -3.00. The van der Waals surface area contributed by atoms with E-state index in [0.717, 1.165) is 6.42 Å². The molecule has 1 nitrogen and oxygen atoms in total. The van der Waals surface area contributed by atoms with Crippen molar-refractivity contribution < 1.29 is 18.3 Å². The van der Waals surface area contributed by atoms with Crippen LogP contribution in [0, 0.1) is 3.57 Å². The number of benzene rings is 1. The summed E-state index contributed by atoms with van der Waals surface area (Å²) in [5.74, 6) is 0. The van der Waals surface area contributed by atoms with E-state index in [1.807, 2.05) is 6.92 Å². The van der Waals surface area contributed by atoms with Crippen molar-refractivity contribution in [2.75, 3.05) is 4.93 Å². The minimum absolute atomic E-state index is 0.322.